The molecule has 0 saturated heterocycles. The van der Waals surface area contributed by atoms with Gasteiger partial charge in [0.2, 0.25) is 11.9 Å². The molecule has 0 aliphatic carbocycles. The van der Waals surface area contributed by atoms with Crippen LogP contribution in [-0.4, -0.2) is 27.3 Å². The summed E-state index contributed by atoms with van der Waals surface area (Å²) in [6.07, 6.45) is 1.68. The molecule has 1 N–H and O–H groups in total. The van der Waals surface area contributed by atoms with Gasteiger partial charge in [0.1, 0.15) is 12.9 Å². The maximum Gasteiger partial charge on any atom is 0.229 e. The lowest BCUT2D eigenvalue weighted by Gasteiger charge is -2.25. The number of benzene rings is 2. The van der Waals surface area contributed by atoms with E-state index in [1.807, 2.05) is 37.3 Å². The van der Waals surface area contributed by atoms with E-state index in [-0.39, 0.29) is 25.0 Å². The summed E-state index contributed by atoms with van der Waals surface area (Å²) in [5.74, 6) is 1.51. The van der Waals surface area contributed by atoms with Gasteiger partial charge in [0.15, 0.2) is 11.5 Å². The number of fused-ring (bicyclic) bond motifs is 1. The third-order valence-corrected chi connectivity index (χ3v) is 5.53. The van der Waals surface area contributed by atoms with Gasteiger partial charge >= 0.3 is 0 Å². The Morgan fingerprint density at radius 1 is 1.33 bits per heavy atom. The Labute approximate surface area is 187 Å². The highest BCUT2D eigenvalue weighted by atomic mass is 127. The summed E-state index contributed by atoms with van der Waals surface area (Å²) in [4.78, 5) is 16.2. The van der Waals surface area contributed by atoms with E-state index in [2.05, 4.69) is 44.1 Å². The van der Waals surface area contributed by atoms with E-state index >= 15 is 0 Å². The average molecular weight is 515 g/mol. The van der Waals surface area contributed by atoms with Crippen LogP contribution in [0.5, 0.6) is 11.5 Å². The molecular weight excluding hydrogens is 497 g/mol. The second-order valence-electron chi connectivity index (χ2n) is 6.62. The highest BCUT2D eigenvalue weighted by molar-refractivity contribution is 14.1. The summed E-state index contributed by atoms with van der Waals surface area (Å²) in [5, 5.41) is 16.3. The molecule has 4 rings (SSSR count). The van der Waals surface area contributed by atoms with Gasteiger partial charge in [-0.05, 0) is 53.3 Å². The number of amides is 1. The lowest BCUT2D eigenvalue weighted by molar-refractivity contribution is -0.117. The minimum Gasteiger partial charge on any atom is -0.490 e. The lowest BCUT2D eigenvalue weighted by Crippen LogP contribution is -2.29. The van der Waals surface area contributed by atoms with Gasteiger partial charge in [0.05, 0.1) is 34.3 Å². The molecule has 0 bridgehead atoms. The summed E-state index contributed by atoms with van der Waals surface area (Å²) in [6.45, 7) is 2.61. The minimum absolute atomic E-state index is 0.109. The van der Waals surface area contributed by atoms with Crippen molar-refractivity contribution in [2.24, 2.45) is 0 Å². The topological polar surface area (TPSA) is 102 Å². The van der Waals surface area contributed by atoms with Gasteiger partial charge < -0.3 is 9.47 Å². The van der Waals surface area contributed by atoms with Crippen LogP contribution in [0, 0.1) is 14.9 Å². The third-order valence-electron chi connectivity index (χ3n) is 4.72. The lowest BCUT2D eigenvalue weighted by atomic mass is 10.0. The maximum atomic E-state index is 12.1. The molecule has 2 aromatic carbocycles. The number of carbonyl (C=O) groups excluding carboxylic acids is 1. The molecule has 1 atom stereocenters. The van der Waals surface area contributed by atoms with Gasteiger partial charge in [0.25, 0.3) is 0 Å². The van der Waals surface area contributed by atoms with Gasteiger partial charge in [-0.25, -0.2) is 4.68 Å². The normalized spacial score (nSPS) is 15.1. The van der Waals surface area contributed by atoms with Crippen molar-refractivity contribution in [3.05, 3.63) is 63.0 Å². The van der Waals surface area contributed by atoms with Crippen LogP contribution in [0.3, 0.4) is 0 Å². The molecule has 1 aromatic heterocycles. The second kappa shape index (κ2) is 8.71. The molecule has 9 heteroatoms. The monoisotopic (exact) mass is 515 g/mol. The zero-order chi connectivity index (χ0) is 21.1. The Balaban J connectivity index is 1.67. The average Bonchev–Trinajstić information content (AvgIpc) is 3.21. The number of ether oxygens (including phenoxy) is 2. The third kappa shape index (κ3) is 3.95. The number of nitrogens with zero attached hydrogens (tertiary/aromatic N) is 4. The summed E-state index contributed by atoms with van der Waals surface area (Å²) >= 11 is 2.20. The molecule has 1 aliphatic heterocycles. The number of hydrogen-bond donors (Lipinski definition) is 1. The highest BCUT2D eigenvalue weighted by Crippen LogP contribution is 2.39. The van der Waals surface area contributed by atoms with E-state index in [0.717, 1.165) is 14.7 Å². The molecule has 3 aromatic rings. The Kier molecular flexibility index (Phi) is 5.85. The fourth-order valence-corrected chi connectivity index (χ4v) is 4.13. The van der Waals surface area contributed by atoms with Crippen LogP contribution < -0.4 is 14.8 Å². The molecule has 2 heterocycles. The molecule has 0 spiro atoms. The van der Waals surface area contributed by atoms with Crippen molar-refractivity contribution in [1.29, 1.82) is 5.26 Å². The molecule has 0 unspecified atom stereocenters. The highest BCUT2D eigenvalue weighted by Gasteiger charge is 2.29. The van der Waals surface area contributed by atoms with Crippen LogP contribution in [-0.2, 0) is 11.4 Å². The largest absolute Gasteiger partial charge is 0.490 e. The predicted molar refractivity (Wildman–Crippen MR) is 117 cm³/mol. The number of carbonyl (C=O) groups is 1. The molecule has 8 nitrogen and oxygen atoms in total. The fraction of sp³-hybridized carbons (Fsp3) is 0.238. The fourth-order valence-electron chi connectivity index (χ4n) is 3.35. The van der Waals surface area contributed by atoms with Gasteiger partial charge in [-0.15, -0.1) is 0 Å². The van der Waals surface area contributed by atoms with Crippen molar-refractivity contribution in [1.82, 2.24) is 14.8 Å². The molecule has 152 valence electrons. The van der Waals surface area contributed by atoms with Crippen molar-refractivity contribution < 1.29 is 14.3 Å². The first-order chi connectivity index (χ1) is 14.6. The van der Waals surface area contributed by atoms with Crippen molar-refractivity contribution in [2.75, 3.05) is 11.9 Å². The van der Waals surface area contributed by atoms with Crippen molar-refractivity contribution in [3.63, 3.8) is 0 Å². The first-order valence-electron chi connectivity index (χ1n) is 9.37. The quantitative estimate of drug-likeness (QED) is 0.503. The van der Waals surface area contributed by atoms with Crippen LogP contribution in [0.25, 0.3) is 0 Å². The molecule has 0 fully saturated rings. The Hall–Kier alpha value is -3.13. The van der Waals surface area contributed by atoms with Crippen LogP contribution >= 0.6 is 22.6 Å². The molecule has 0 saturated carbocycles. The van der Waals surface area contributed by atoms with Crippen LogP contribution in [0.2, 0.25) is 0 Å². The van der Waals surface area contributed by atoms with E-state index in [9.17, 15) is 10.1 Å². The van der Waals surface area contributed by atoms with Gasteiger partial charge in [-0.2, -0.15) is 15.3 Å². The van der Waals surface area contributed by atoms with Crippen molar-refractivity contribution >= 4 is 34.4 Å². The molecule has 1 aliphatic rings. The van der Waals surface area contributed by atoms with Gasteiger partial charge in [-0.3, -0.25) is 10.1 Å². The molecule has 1 amide bonds. The Morgan fingerprint density at radius 3 is 2.97 bits per heavy atom. The number of nitrogens with one attached hydrogen (secondary N) is 1. The smallest absolute Gasteiger partial charge is 0.229 e. The zero-order valence-corrected chi connectivity index (χ0v) is 18.3. The zero-order valence-electron chi connectivity index (χ0n) is 16.1. The standard InChI is InChI=1S/C21H18IN5O3/c1-2-29-18-8-15(17-9-19(28)26-21-24-12-25-27(17)21)7-16(22)20(18)30-11-14-6-4-3-5-13(14)10-23/h3-8,12,17H,2,9,11H2,1H3,(H,24,25,26,28)/t17-/m1/s1. The first kappa shape index (κ1) is 20.2. The van der Waals surface area contributed by atoms with Crippen LogP contribution in [0.15, 0.2) is 42.7 Å². The summed E-state index contributed by atoms with van der Waals surface area (Å²) in [6, 6.07) is 13.1. The molecule has 30 heavy (non-hydrogen) atoms. The number of anilines is 1. The van der Waals surface area contributed by atoms with Crippen LogP contribution in [0.1, 0.15) is 36.1 Å². The van der Waals surface area contributed by atoms with Gasteiger partial charge in [-0.1, -0.05) is 18.2 Å². The Bertz CT molecular complexity index is 1140. The summed E-state index contributed by atoms with van der Waals surface area (Å²) in [7, 11) is 0. The number of halogens is 1. The van der Waals surface area contributed by atoms with E-state index in [0.29, 0.717) is 29.6 Å². The molecule has 0 radical (unpaired) electrons. The SMILES string of the molecule is CCOc1cc([C@H]2CC(=O)Nc3ncnn32)cc(I)c1OCc1ccccc1C#N. The van der Waals surface area contributed by atoms with E-state index in [4.69, 9.17) is 9.47 Å². The summed E-state index contributed by atoms with van der Waals surface area (Å²) in [5.41, 5.74) is 2.27. The van der Waals surface area contributed by atoms with E-state index < -0.39 is 0 Å². The summed E-state index contributed by atoms with van der Waals surface area (Å²) < 4.78 is 14.5. The van der Waals surface area contributed by atoms with Crippen molar-refractivity contribution in [3.8, 4) is 17.6 Å². The first-order valence-corrected chi connectivity index (χ1v) is 10.4. The number of aromatic nitrogens is 3. The second-order valence-corrected chi connectivity index (χ2v) is 7.78. The van der Waals surface area contributed by atoms with E-state index in [1.165, 1.54) is 6.33 Å². The minimum atomic E-state index is -0.280. The Morgan fingerprint density at radius 2 is 2.17 bits per heavy atom. The van der Waals surface area contributed by atoms with E-state index in [1.54, 1.807) is 10.7 Å². The van der Waals surface area contributed by atoms with Gasteiger partial charge in [0, 0.05) is 5.56 Å². The number of rotatable bonds is 6. The predicted octanol–water partition coefficient (Wildman–Crippen LogP) is 3.66. The number of hydrogen-bond acceptors (Lipinski definition) is 6. The van der Waals surface area contributed by atoms with Crippen molar-refractivity contribution in [2.45, 2.75) is 26.0 Å². The number of nitriles is 1. The van der Waals surface area contributed by atoms with Crippen LogP contribution in [0.4, 0.5) is 5.95 Å². The maximum absolute atomic E-state index is 12.1. The molecular formula is C21H18IN5O3.